The van der Waals surface area contributed by atoms with E-state index in [1.165, 1.54) is 24.3 Å². The lowest BCUT2D eigenvalue weighted by molar-refractivity contribution is -0.274. The Balaban J connectivity index is 2.01. The molecule has 134 valence electrons. The normalized spacial score (nSPS) is 11.8. The van der Waals surface area contributed by atoms with Crippen molar-refractivity contribution in [3.63, 3.8) is 0 Å². The molecule has 5 nitrogen and oxygen atoms in total. The molecule has 0 saturated heterocycles. The van der Waals surface area contributed by atoms with Gasteiger partial charge in [0.15, 0.2) is 9.84 Å². The third-order valence-electron chi connectivity index (χ3n) is 2.87. The number of benzene rings is 2. The minimum absolute atomic E-state index is 0.0685. The highest BCUT2D eigenvalue weighted by Crippen LogP contribution is 2.24. The Hall–Kier alpha value is -2.26. The van der Waals surface area contributed by atoms with E-state index in [0.717, 1.165) is 24.3 Å². The molecule has 2 rings (SSSR count). The Labute approximate surface area is 146 Å². The van der Waals surface area contributed by atoms with Crippen LogP contribution in [0.1, 0.15) is 0 Å². The molecule has 0 aliphatic carbocycles. The van der Waals surface area contributed by atoms with Crippen molar-refractivity contribution in [2.24, 2.45) is 0 Å². The Bertz CT molecular complexity index is 850. The van der Waals surface area contributed by atoms with E-state index >= 15 is 0 Å². The molecule has 0 saturated carbocycles. The van der Waals surface area contributed by atoms with Gasteiger partial charge in [0.2, 0.25) is 5.91 Å². The van der Waals surface area contributed by atoms with Crippen molar-refractivity contribution in [1.82, 2.24) is 0 Å². The Morgan fingerprint density at radius 2 is 1.60 bits per heavy atom. The van der Waals surface area contributed by atoms with Gasteiger partial charge in [0.1, 0.15) is 11.5 Å². The van der Waals surface area contributed by atoms with Crippen molar-refractivity contribution in [2.45, 2.75) is 11.3 Å². The van der Waals surface area contributed by atoms with E-state index < -0.39 is 33.6 Å². The van der Waals surface area contributed by atoms with Crippen molar-refractivity contribution in [2.75, 3.05) is 11.1 Å². The number of carbonyl (C=O) groups excluding carboxylic acids is 1. The first-order valence-corrected chi connectivity index (χ1v) is 8.72. The topological polar surface area (TPSA) is 72.5 Å². The summed E-state index contributed by atoms with van der Waals surface area (Å²) in [7, 11) is -3.87. The summed E-state index contributed by atoms with van der Waals surface area (Å²) in [5.74, 6) is -2.12. The lowest BCUT2D eigenvalue weighted by Crippen LogP contribution is -2.23. The maximum atomic E-state index is 12.1. The molecule has 25 heavy (non-hydrogen) atoms. The second-order valence-corrected chi connectivity index (χ2v) is 7.26. The molecule has 0 atom stereocenters. The molecule has 1 N–H and O–H groups in total. The van der Waals surface area contributed by atoms with Gasteiger partial charge in [-0.2, -0.15) is 0 Å². The van der Waals surface area contributed by atoms with Crippen LogP contribution >= 0.6 is 11.6 Å². The summed E-state index contributed by atoms with van der Waals surface area (Å²) in [6.45, 7) is 0. The molecule has 0 aliphatic heterocycles. The van der Waals surface area contributed by atoms with Gasteiger partial charge in [0, 0.05) is 10.7 Å². The summed E-state index contributed by atoms with van der Waals surface area (Å²) in [5.41, 5.74) is 0.130. The number of ether oxygens (including phenoxy) is 1. The van der Waals surface area contributed by atoms with Crippen LogP contribution < -0.4 is 10.1 Å². The summed E-state index contributed by atoms with van der Waals surface area (Å²) in [4.78, 5) is 11.8. The van der Waals surface area contributed by atoms with Gasteiger partial charge in [-0.05, 0) is 48.5 Å². The van der Waals surface area contributed by atoms with Gasteiger partial charge in [-0.3, -0.25) is 4.79 Å². The minimum atomic E-state index is -4.82. The van der Waals surface area contributed by atoms with Crippen LogP contribution in [-0.4, -0.2) is 26.4 Å². The summed E-state index contributed by atoms with van der Waals surface area (Å²) < 4.78 is 64.1. The van der Waals surface area contributed by atoms with Crippen LogP contribution in [0.4, 0.5) is 18.9 Å². The average molecular weight is 394 g/mol. The lowest BCUT2D eigenvalue weighted by atomic mass is 10.3. The number of anilines is 1. The first kappa shape index (κ1) is 19.1. The van der Waals surface area contributed by atoms with E-state index in [1.54, 1.807) is 0 Å². The van der Waals surface area contributed by atoms with E-state index in [1.807, 2.05) is 0 Å². The zero-order valence-corrected chi connectivity index (χ0v) is 14.0. The highest BCUT2D eigenvalue weighted by molar-refractivity contribution is 7.92. The Morgan fingerprint density at radius 3 is 2.12 bits per heavy atom. The monoisotopic (exact) mass is 393 g/mol. The largest absolute Gasteiger partial charge is 0.573 e. The summed E-state index contributed by atoms with van der Waals surface area (Å²) in [6.07, 6.45) is -4.82. The highest BCUT2D eigenvalue weighted by Gasteiger charge is 2.31. The number of nitrogens with one attached hydrogen (secondary N) is 1. The van der Waals surface area contributed by atoms with Gasteiger partial charge < -0.3 is 10.1 Å². The predicted octanol–water partition coefficient (Wildman–Crippen LogP) is 3.65. The molecular weight excluding hydrogens is 383 g/mol. The van der Waals surface area contributed by atoms with Crippen molar-refractivity contribution in [3.8, 4) is 5.75 Å². The number of carbonyl (C=O) groups is 1. The molecule has 10 heteroatoms. The third kappa shape index (κ3) is 5.95. The SMILES string of the molecule is O=C(CS(=O)(=O)c1ccc(Cl)cc1)Nc1ccc(OC(F)(F)F)cc1. The van der Waals surface area contributed by atoms with E-state index in [9.17, 15) is 26.4 Å². The molecule has 0 spiro atoms. The number of hydrogen-bond donors (Lipinski definition) is 1. The van der Waals surface area contributed by atoms with Crippen LogP contribution in [-0.2, 0) is 14.6 Å². The highest BCUT2D eigenvalue weighted by atomic mass is 35.5. The molecule has 0 bridgehead atoms. The fourth-order valence-electron chi connectivity index (χ4n) is 1.83. The van der Waals surface area contributed by atoms with Crippen LogP contribution in [0, 0.1) is 0 Å². The van der Waals surface area contributed by atoms with Gasteiger partial charge in [-0.1, -0.05) is 11.6 Å². The van der Waals surface area contributed by atoms with E-state index in [-0.39, 0.29) is 10.6 Å². The first-order chi connectivity index (χ1) is 11.5. The zero-order valence-electron chi connectivity index (χ0n) is 12.4. The van der Waals surface area contributed by atoms with Crippen molar-refractivity contribution < 1.29 is 31.1 Å². The van der Waals surface area contributed by atoms with Crippen LogP contribution in [0.3, 0.4) is 0 Å². The van der Waals surface area contributed by atoms with Gasteiger partial charge in [0.05, 0.1) is 4.90 Å². The fraction of sp³-hybridized carbons (Fsp3) is 0.133. The van der Waals surface area contributed by atoms with Gasteiger partial charge in [-0.15, -0.1) is 13.2 Å². The number of rotatable bonds is 5. The molecule has 0 radical (unpaired) electrons. The van der Waals surface area contributed by atoms with Gasteiger partial charge >= 0.3 is 6.36 Å². The van der Waals surface area contributed by atoms with Crippen LogP contribution in [0.15, 0.2) is 53.4 Å². The molecular formula is C15H11ClF3NO4S. The summed E-state index contributed by atoms with van der Waals surface area (Å²) in [5, 5.41) is 2.64. The van der Waals surface area contributed by atoms with E-state index in [2.05, 4.69) is 10.1 Å². The Morgan fingerprint density at radius 1 is 1.04 bits per heavy atom. The summed E-state index contributed by atoms with van der Waals surface area (Å²) >= 11 is 5.67. The molecule has 1 amide bonds. The van der Waals surface area contributed by atoms with E-state index in [4.69, 9.17) is 11.6 Å². The first-order valence-electron chi connectivity index (χ1n) is 6.69. The number of alkyl halides is 3. The molecule has 0 fully saturated rings. The molecule has 2 aromatic rings. The maximum Gasteiger partial charge on any atom is 0.573 e. The Kier molecular flexibility index (Phi) is 5.58. The molecule has 2 aromatic carbocycles. The number of halogens is 4. The maximum absolute atomic E-state index is 12.1. The third-order valence-corrected chi connectivity index (χ3v) is 4.75. The predicted molar refractivity (Wildman–Crippen MR) is 85.3 cm³/mol. The van der Waals surface area contributed by atoms with Gasteiger partial charge in [0.25, 0.3) is 0 Å². The zero-order chi connectivity index (χ0) is 18.7. The fourth-order valence-corrected chi connectivity index (χ4v) is 3.10. The minimum Gasteiger partial charge on any atom is -0.406 e. The van der Waals surface area contributed by atoms with Crippen LogP contribution in [0.2, 0.25) is 5.02 Å². The molecule has 0 heterocycles. The average Bonchev–Trinajstić information content (AvgIpc) is 2.47. The lowest BCUT2D eigenvalue weighted by Gasteiger charge is -2.10. The smallest absolute Gasteiger partial charge is 0.406 e. The molecule has 0 unspecified atom stereocenters. The van der Waals surface area contributed by atoms with Crippen molar-refractivity contribution >= 4 is 33.0 Å². The van der Waals surface area contributed by atoms with Gasteiger partial charge in [-0.25, -0.2) is 8.42 Å². The van der Waals surface area contributed by atoms with Crippen LogP contribution in [0.5, 0.6) is 5.75 Å². The number of amides is 1. The second-order valence-electron chi connectivity index (χ2n) is 4.83. The molecule has 0 aromatic heterocycles. The van der Waals surface area contributed by atoms with Crippen molar-refractivity contribution in [1.29, 1.82) is 0 Å². The number of sulfone groups is 1. The standard InChI is InChI=1S/C15H11ClF3NO4S/c16-10-1-7-13(8-2-10)25(22,23)9-14(21)20-11-3-5-12(6-4-11)24-15(17,18)19/h1-8H,9H2,(H,20,21). The van der Waals surface area contributed by atoms with E-state index in [0.29, 0.717) is 5.02 Å². The number of hydrogen-bond acceptors (Lipinski definition) is 4. The second kappa shape index (κ2) is 7.32. The van der Waals surface area contributed by atoms with Crippen LogP contribution in [0.25, 0.3) is 0 Å². The van der Waals surface area contributed by atoms with Crippen molar-refractivity contribution in [3.05, 3.63) is 53.6 Å². The summed E-state index contributed by atoms with van der Waals surface area (Å²) in [6, 6.07) is 9.62. The quantitative estimate of drug-likeness (QED) is 0.841. The molecule has 0 aliphatic rings.